The van der Waals surface area contributed by atoms with Crippen LogP contribution in [0.25, 0.3) is 22.3 Å². The molecule has 7 nitrogen and oxygen atoms in total. The highest BCUT2D eigenvalue weighted by Gasteiger charge is 2.31. The Balaban J connectivity index is 1.58. The monoisotopic (exact) mass is 577 g/mol. The first-order chi connectivity index (χ1) is 20.2. The fourth-order valence-electron chi connectivity index (χ4n) is 4.26. The van der Waals surface area contributed by atoms with Gasteiger partial charge in [0.25, 0.3) is 5.56 Å². The van der Waals surface area contributed by atoms with Crippen LogP contribution in [0.15, 0.2) is 94.8 Å². The van der Waals surface area contributed by atoms with Gasteiger partial charge < -0.3 is 14.2 Å². The standard InChI is InChI=1S/C31H23F4N3O4/c1-40-26-14-19(15-27(41-2)28(26)42-18-21-8-3-5-12-24(21)32)17-36-38-29(20-9-7-10-22(16-20)31(33,34)35)37-25-13-6-4-11-23(25)30(38)39/h3-17H,18H2,1-2H3. The number of rotatable bonds is 8. The van der Waals surface area contributed by atoms with Gasteiger partial charge in [-0.1, -0.05) is 42.5 Å². The molecule has 0 radical (unpaired) electrons. The van der Waals surface area contributed by atoms with Crippen molar-refractivity contribution in [2.75, 3.05) is 14.2 Å². The van der Waals surface area contributed by atoms with E-state index in [1.165, 1.54) is 38.6 Å². The van der Waals surface area contributed by atoms with Gasteiger partial charge in [0.05, 0.1) is 36.9 Å². The normalized spacial score (nSPS) is 11.7. The second-order valence-electron chi connectivity index (χ2n) is 9.03. The van der Waals surface area contributed by atoms with Gasteiger partial charge in [0.2, 0.25) is 5.75 Å². The molecule has 0 unspecified atom stereocenters. The smallest absolute Gasteiger partial charge is 0.416 e. The van der Waals surface area contributed by atoms with Crippen molar-refractivity contribution in [3.05, 3.63) is 118 Å². The van der Waals surface area contributed by atoms with Crippen LogP contribution in [0.5, 0.6) is 17.2 Å². The summed E-state index contributed by atoms with van der Waals surface area (Å²) in [5, 5.41) is 4.55. The Morgan fingerprint density at radius 3 is 2.29 bits per heavy atom. The van der Waals surface area contributed by atoms with E-state index in [2.05, 4.69) is 10.1 Å². The van der Waals surface area contributed by atoms with E-state index in [4.69, 9.17) is 14.2 Å². The van der Waals surface area contributed by atoms with Crippen molar-refractivity contribution in [3.8, 4) is 28.6 Å². The van der Waals surface area contributed by atoms with E-state index in [0.717, 1.165) is 16.8 Å². The van der Waals surface area contributed by atoms with E-state index < -0.39 is 23.1 Å². The first kappa shape index (κ1) is 28.3. The number of para-hydroxylation sites is 1. The van der Waals surface area contributed by atoms with Crippen molar-refractivity contribution >= 4 is 17.1 Å². The highest BCUT2D eigenvalue weighted by molar-refractivity contribution is 5.84. The number of aromatic nitrogens is 2. The predicted molar refractivity (Wildman–Crippen MR) is 150 cm³/mol. The minimum Gasteiger partial charge on any atom is -0.493 e. The molecule has 1 aromatic heterocycles. The fraction of sp³-hybridized carbons (Fsp3) is 0.129. The predicted octanol–water partition coefficient (Wildman–Crippen LogP) is 6.70. The van der Waals surface area contributed by atoms with E-state index >= 15 is 0 Å². The van der Waals surface area contributed by atoms with Crippen LogP contribution in [-0.2, 0) is 12.8 Å². The maximum Gasteiger partial charge on any atom is 0.416 e. The fourth-order valence-corrected chi connectivity index (χ4v) is 4.26. The maximum atomic E-state index is 14.1. The molecule has 42 heavy (non-hydrogen) atoms. The van der Waals surface area contributed by atoms with Crippen LogP contribution in [0.2, 0.25) is 0 Å². The molecule has 0 amide bonds. The number of nitrogens with zero attached hydrogens (tertiary/aromatic N) is 3. The number of hydrogen-bond donors (Lipinski definition) is 0. The van der Waals surface area contributed by atoms with E-state index in [1.54, 1.807) is 54.6 Å². The topological polar surface area (TPSA) is 74.9 Å². The summed E-state index contributed by atoms with van der Waals surface area (Å²) in [7, 11) is 2.82. The van der Waals surface area contributed by atoms with E-state index in [0.29, 0.717) is 16.6 Å². The summed E-state index contributed by atoms with van der Waals surface area (Å²) in [5.74, 6) is 0.202. The molecule has 0 saturated heterocycles. The molecule has 0 aliphatic heterocycles. The third-order valence-corrected chi connectivity index (χ3v) is 6.34. The zero-order valence-corrected chi connectivity index (χ0v) is 22.4. The molecule has 0 bridgehead atoms. The average molecular weight is 578 g/mol. The second-order valence-corrected chi connectivity index (χ2v) is 9.03. The van der Waals surface area contributed by atoms with Crippen molar-refractivity contribution in [1.82, 2.24) is 9.66 Å². The number of methoxy groups -OCH3 is 2. The summed E-state index contributed by atoms with van der Waals surface area (Å²) in [4.78, 5) is 17.9. The Labute approximate surface area is 237 Å². The molecule has 0 aliphatic carbocycles. The van der Waals surface area contributed by atoms with Gasteiger partial charge in [-0.15, -0.1) is 0 Å². The molecule has 5 rings (SSSR count). The first-order valence-electron chi connectivity index (χ1n) is 12.6. The Kier molecular flexibility index (Phi) is 7.92. The minimum atomic E-state index is -4.59. The molecule has 0 aliphatic rings. The SMILES string of the molecule is COc1cc(C=Nn2c(-c3cccc(C(F)(F)F)c3)nc3ccccc3c2=O)cc(OC)c1OCc1ccccc1F. The van der Waals surface area contributed by atoms with Gasteiger partial charge >= 0.3 is 6.18 Å². The number of fused-ring (bicyclic) bond motifs is 1. The summed E-state index contributed by atoms with van der Waals surface area (Å²) in [5.41, 5.74) is -0.362. The summed E-state index contributed by atoms with van der Waals surface area (Å²) in [6, 6.07) is 20.3. The third-order valence-electron chi connectivity index (χ3n) is 6.34. The lowest BCUT2D eigenvalue weighted by Crippen LogP contribution is -2.20. The van der Waals surface area contributed by atoms with Crippen LogP contribution in [0.4, 0.5) is 17.6 Å². The Morgan fingerprint density at radius 1 is 0.905 bits per heavy atom. The van der Waals surface area contributed by atoms with Gasteiger partial charge in [-0.3, -0.25) is 4.79 Å². The van der Waals surface area contributed by atoms with Gasteiger partial charge in [-0.2, -0.15) is 22.9 Å². The minimum absolute atomic E-state index is 0.0527. The van der Waals surface area contributed by atoms with Crippen LogP contribution in [0.1, 0.15) is 16.7 Å². The second kappa shape index (κ2) is 11.7. The van der Waals surface area contributed by atoms with E-state index in [9.17, 15) is 22.4 Å². The largest absolute Gasteiger partial charge is 0.493 e. The zero-order chi connectivity index (χ0) is 29.9. The number of alkyl halides is 3. The zero-order valence-electron chi connectivity index (χ0n) is 22.4. The number of benzene rings is 4. The molecule has 5 aromatic rings. The van der Waals surface area contributed by atoms with Gasteiger partial charge in [0.1, 0.15) is 12.4 Å². The molecule has 11 heteroatoms. The molecule has 0 saturated carbocycles. The van der Waals surface area contributed by atoms with Crippen LogP contribution in [0, 0.1) is 5.82 Å². The molecule has 4 aromatic carbocycles. The summed E-state index contributed by atoms with van der Waals surface area (Å²) in [6.07, 6.45) is -3.27. The summed E-state index contributed by atoms with van der Waals surface area (Å²) >= 11 is 0. The third kappa shape index (κ3) is 5.80. The highest BCUT2D eigenvalue weighted by atomic mass is 19.4. The van der Waals surface area contributed by atoms with Crippen LogP contribution in [-0.4, -0.2) is 30.1 Å². The Morgan fingerprint density at radius 2 is 1.60 bits per heavy atom. The molecule has 0 N–H and O–H groups in total. The van der Waals surface area contributed by atoms with Crippen LogP contribution in [0.3, 0.4) is 0 Å². The van der Waals surface area contributed by atoms with Gasteiger partial charge in [-0.25, -0.2) is 9.37 Å². The molecule has 0 spiro atoms. The average Bonchev–Trinajstić information content (AvgIpc) is 2.99. The van der Waals surface area contributed by atoms with E-state index in [1.807, 2.05) is 0 Å². The summed E-state index contributed by atoms with van der Waals surface area (Å²) in [6.45, 7) is -0.0919. The van der Waals surface area contributed by atoms with Crippen molar-refractivity contribution in [3.63, 3.8) is 0 Å². The van der Waals surface area contributed by atoms with Crippen LogP contribution >= 0.6 is 0 Å². The molecule has 0 atom stereocenters. The summed E-state index contributed by atoms with van der Waals surface area (Å²) < 4.78 is 72.2. The Hall–Kier alpha value is -5.19. The maximum absolute atomic E-state index is 14.1. The van der Waals surface area contributed by atoms with Gasteiger partial charge in [-0.05, 0) is 42.5 Å². The van der Waals surface area contributed by atoms with Crippen molar-refractivity contribution in [2.24, 2.45) is 5.10 Å². The first-order valence-corrected chi connectivity index (χ1v) is 12.6. The number of hydrogen-bond acceptors (Lipinski definition) is 6. The molecule has 0 fully saturated rings. The van der Waals surface area contributed by atoms with Crippen LogP contribution < -0.4 is 19.8 Å². The van der Waals surface area contributed by atoms with Crippen molar-refractivity contribution < 1.29 is 31.8 Å². The molecular weight excluding hydrogens is 554 g/mol. The van der Waals surface area contributed by atoms with Gasteiger partial charge in [0, 0.05) is 16.7 Å². The lowest BCUT2D eigenvalue weighted by atomic mass is 10.1. The van der Waals surface area contributed by atoms with Gasteiger partial charge in [0.15, 0.2) is 17.3 Å². The van der Waals surface area contributed by atoms with Crippen molar-refractivity contribution in [2.45, 2.75) is 12.8 Å². The number of halogens is 4. The quantitative estimate of drug-likeness (QED) is 0.152. The Bertz CT molecular complexity index is 1830. The van der Waals surface area contributed by atoms with Crippen molar-refractivity contribution in [1.29, 1.82) is 0 Å². The lowest BCUT2D eigenvalue weighted by molar-refractivity contribution is -0.137. The number of ether oxygens (including phenoxy) is 3. The molecule has 214 valence electrons. The lowest BCUT2D eigenvalue weighted by Gasteiger charge is -2.16. The highest BCUT2D eigenvalue weighted by Crippen LogP contribution is 2.39. The molecular formula is C31H23F4N3O4. The molecule has 1 heterocycles. The van der Waals surface area contributed by atoms with E-state index in [-0.39, 0.29) is 40.6 Å².